The van der Waals surface area contributed by atoms with E-state index in [4.69, 9.17) is 0 Å². The van der Waals surface area contributed by atoms with E-state index in [1.54, 1.807) is 0 Å². The molecule has 0 aliphatic carbocycles. The molecule has 0 atom stereocenters. The molecule has 1 saturated heterocycles. The fourth-order valence-corrected chi connectivity index (χ4v) is 2.02. The third-order valence-corrected chi connectivity index (χ3v) is 2.97. The van der Waals surface area contributed by atoms with E-state index >= 15 is 0 Å². The van der Waals surface area contributed by atoms with E-state index in [1.165, 1.54) is 12.3 Å². The van der Waals surface area contributed by atoms with Gasteiger partial charge in [-0.05, 0) is 18.6 Å². The Labute approximate surface area is 99.8 Å². The first-order valence-electron chi connectivity index (χ1n) is 5.79. The van der Waals surface area contributed by atoms with Crippen LogP contribution in [-0.4, -0.2) is 31.2 Å². The average molecular weight is 241 g/mol. The van der Waals surface area contributed by atoms with Crippen LogP contribution < -0.4 is 10.2 Å². The fraction of sp³-hybridized carbons (Fsp3) is 0.583. The van der Waals surface area contributed by atoms with Gasteiger partial charge in [0.2, 0.25) is 0 Å². The standard InChI is InChI=1S/C12H17F2N3/c1-9-7-10(12(2,13)14)8-16-11(9)17-5-3-15-4-6-17/h7-8,15H,3-6H2,1-2H3. The van der Waals surface area contributed by atoms with Crippen LogP contribution in [0.2, 0.25) is 0 Å². The fourth-order valence-electron chi connectivity index (χ4n) is 2.02. The number of aromatic nitrogens is 1. The average Bonchev–Trinajstić information content (AvgIpc) is 2.29. The second-order valence-electron chi connectivity index (χ2n) is 4.49. The van der Waals surface area contributed by atoms with Gasteiger partial charge in [0.15, 0.2) is 0 Å². The van der Waals surface area contributed by atoms with E-state index in [0.29, 0.717) is 0 Å². The number of anilines is 1. The summed E-state index contributed by atoms with van der Waals surface area (Å²) in [7, 11) is 0. The smallest absolute Gasteiger partial charge is 0.272 e. The first-order chi connectivity index (χ1) is 7.98. The molecule has 94 valence electrons. The van der Waals surface area contributed by atoms with Gasteiger partial charge in [-0.1, -0.05) is 0 Å². The van der Waals surface area contributed by atoms with Crippen LogP contribution in [0.5, 0.6) is 0 Å². The summed E-state index contributed by atoms with van der Waals surface area (Å²) in [5.74, 6) is -2.00. The molecular weight excluding hydrogens is 224 g/mol. The van der Waals surface area contributed by atoms with E-state index in [-0.39, 0.29) is 5.56 Å². The normalized spacial score (nSPS) is 17.3. The summed E-state index contributed by atoms with van der Waals surface area (Å²) >= 11 is 0. The molecule has 0 radical (unpaired) electrons. The van der Waals surface area contributed by atoms with E-state index in [2.05, 4.69) is 15.2 Å². The van der Waals surface area contributed by atoms with Crippen LogP contribution in [0.15, 0.2) is 12.3 Å². The molecule has 1 aromatic heterocycles. The Morgan fingerprint density at radius 2 is 2.00 bits per heavy atom. The maximum absolute atomic E-state index is 13.1. The Balaban J connectivity index is 2.25. The summed E-state index contributed by atoms with van der Waals surface area (Å²) in [4.78, 5) is 6.31. The molecule has 1 aliphatic heterocycles. The van der Waals surface area contributed by atoms with Crippen LogP contribution in [0.3, 0.4) is 0 Å². The maximum Gasteiger partial charge on any atom is 0.272 e. The summed E-state index contributed by atoms with van der Waals surface area (Å²) in [6.45, 7) is 6.29. The maximum atomic E-state index is 13.1. The number of nitrogens with one attached hydrogen (secondary N) is 1. The molecule has 0 amide bonds. The van der Waals surface area contributed by atoms with Gasteiger partial charge in [-0.15, -0.1) is 0 Å². The van der Waals surface area contributed by atoms with E-state index in [0.717, 1.165) is 44.5 Å². The van der Waals surface area contributed by atoms with Crippen molar-refractivity contribution in [1.29, 1.82) is 0 Å². The second kappa shape index (κ2) is 4.56. The van der Waals surface area contributed by atoms with Crippen molar-refractivity contribution < 1.29 is 8.78 Å². The predicted octanol–water partition coefficient (Wildman–Crippen LogP) is 1.91. The van der Waals surface area contributed by atoms with Crippen LogP contribution in [0.1, 0.15) is 18.1 Å². The molecule has 17 heavy (non-hydrogen) atoms. The molecule has 1 fully saturated rings. The lowest BCUT2D eigenvalue weighted by Crippen LogP contribution is -2.44. The minimum absolute atomic E-state index is 0.0196. The van der Waals surface area contributed by atoms with Crippen LogP contribution in [0.4, 0.5) is 14.6 Å². The zero-order chi connectivity index (χ0) is 12.5. The lowest BCUT2D eigenvalue weighted by molar-refractivity contribution is 0.0171. The SMILES string of the molecule is Cc1cc(C(C)(F)F)cnc1N1CCNCC1. The molecule has 0 unspecified atom stereocenters. The van der Waals surface area contributed by atoms with Gasteiger partial charge in [-0.25, -0.2) is 13.8 Å². The number of rotatable bonds is 2. The van der Waals surface area contributed by atoms with Crippen molar-refractivity contribution in [3.8, 4) is 0 Å². The lowest BCUT2D eigenvalue weighted by Gasteiger charge is -2.29. The lowest BCUT2D eigenvalue weighted by atomic mass is 10.1. The Bertz CT molecular complexity index is 395. The second-order valence-corrected chi connectivity index (χ2v) is 4.49. The molecule has 2 heterocycles. The first kappa shape index (κ1) is 12.2. The van der Waals surface area contributed by atoms with Gasteiger partial charge in [0.05, 0.1) is 0 Å². The molecule has 1 aromatic rings. The molecule has 1 aliphatic rings. The Hall–Kier alpha value is -1.23. The Morgan fingerprint density at radius 3 is 2.53 bits per heavy atom. The quantitative estimate of drug-likeness (QED) is 0.857. The third kappa shape index (κ3) is 2.72. The molecule has 0 saturated carbocycles. The van der Waals surface area contributed by atoms with E-state index in [9.17, 15) is 8.78 Å². The number of pyridine rings is 1. The largest absolute Gasteiger partial charge is 0.354 e. The van der Waals surface area contributed by atoms with Crippen molar-refractivity contribution >= 4 is 5.82 Å². The summed E-state index contributed by atoms with van der Waals surface area (Å²) < 4.78 is 26.3. The first-order valence-corrected chi connectivity index (χ1v) is 5.79. The highest BCUT2D eigenvalue weighted by Gasteiger charge is 2.26. The summed E-state index contributed by atoms with van der Waals surface area (Å²) in [6.07, 6.45) is 1.28. The molecule has 5 heteroatoms. The van der Waals surface area contributed by atoms with Crippen molar-refractivity contribution in [3.63, 3.8) is 0 Å². The minimum atomic E-state index is -2.82. The van der Waals surface area contributed by atoms with Gasteiger partial charge < -0.3 is 10.2 Å². The Morgan fingerprint density at radius 1 is 1.35 bits per heavy atom. The zero-order valence-corrected chi connectivity index (χ0v) is 10.1. The van der Waals surface area contributed by atoms with Crippen molar-refractivity contribution in [1.82, 2.24) is 10.3 Å². The van der Waals surface area contributed by atoms with Crippen molar-refractivity contribution in [2.45, 2.75) is 19.8 Å². The molecule has 1 N–H and O–H groups in total. The van der Waals surface area contributed by atoms with E-state index in [1.807, 2.05) is 6.92 Å². The Kier molecular flexibility index (Phi) is 3.28. The highest BCUT2D eigenvalue weighted by atomic mass is 19.3. The monoisotopic (exact) mass is 241 g/mol. The van der Waals surface area contributed by atoms with Crippen molar-refractivity contribution in [2.24, 2.45) is 0 Å². The number of halogens is 2. The van der Waals surface area contributed by atoms with Crippen LogP contribution >= 0.6 is 0 Å². The van der Waals surface area contributed by atoms with Gasteiger partial charge in [0, 0.05) is 44.9 Å². The molecular formula is C12H17F2N3. The number of hydrogen-bond donors (Lipinski definition) is 1. The highest BCUT2D eigenvalue weighted by molar-refractivity contribution is 5.48. The number of hydrogen-bond acceptors (Lipinski definition) is 3. The number of nitrogens with zero attached hydrogens (tertiary/aromatic N) is 2. The molecule has 2 rings (SSSR count). The van der Waals surface area contributed by atoms with Crippen LogP contribution in [0.25, 0.3) is 0 Å². The third-order valence-electron chi connectivity index (χ3n) is 2.97. The number of alkyl halides is 2. The van der Waals surface area contributed by atoms with Crippen molar-refractivity contribution in [3.05, 3.63) is 23.4 Å². The summed E-state index contributed by atoms with van der Waals surface area (Å²) in [6, 6.07) is 1.53. The molecule has 3 nitrogen and oxygen atoms in total. The van der Waals surface area contributed by atoms with Gasteiger partial charge in [-0.3, -0.25) is 0 Å². The summed E-state index contributed by atoms with van der Waals surface area (Å²) in [5.41, 5.74) is 0.791. The highest BCUT2D eigenvalue weighted by Crippen LogP contribution is 2.29. The van der Waals surface area contributed by atoms with Gasteiger partial charge in [-0.2, -0.15) is 0 Å². The van der Waals surface area contributed by atoms with Crippen molar-refractivity contribution in [2.75, 3.05) is 31.1 Å². The number of piperazine rings is 1. The molecule has 0 spiro atoms. The van der Waals surface area contributed by atoms with E-state index < -0.39 is 5.92 Å². The minimum Gasteiger partial charge on any atom is -0.354 e. The molecule has 0 aromatic carbocycles. The topological polar surface area (TPSA) is 28.2 Å². The number of aryl methyl sites for hydroxylation is 1. The summed E-state index contributed by atoms with van der Waals surface area (Å²) in [5, 5.41) is 3.25. The molecule has 0 bridgehead atoms. The van der Waals surface area contributed by atoms with Gasteiger partial charge in [0.25, 0.3) is 5.92 Å². The van der Waals surface area contributed by atoms with Gasteiger partial charge >= 0.3 is 0 Å². The van der Waals surface area contributed by atoms with Gasteiger partial charge in [0.1, 0.15) is 5.82 Å². The van der Waals surface area contributed by atoms with Crippen LogP contribution in [0, 0.1) is 6.92 Å². The zero-order valence-electron chi connectivity index (χ0n) is 10.1. The predicted molar refractivity (Wildman–Crippen MR) is 63.6 cm³/mol. The van der Waals surface area contributed by atoms with Crippen LogP contribution in [-0.2, 0) is 5.92 Å².